The number of nitrogens with one attached hydrogen (secondary N) is 1. The second-order valence-electron chi connectivity index (χ2n) is 9.31. The Morgan fingerprint density at radius 1 is 1.18 bits per heavy atom. The maximum absolute atomic E-state index is 12.9. The lowest BCUT2D eigenvalue weighted by atomic mass is 9.97. The molecule has 4 aromatic rings. The van der Waals surface area contributed by atoms with Crippen molar-refractivity contribution in [3.05, 3.63) is 71.5 Å². The normalized spacial score (nSPS) is 13.8. The van der Waals surface area contributed by atoms with Crippen LogP contribution >= 0.6 is 0 Å². The van der Waals surface area contributed by atoms with Gasteiger partial charge in [-0.1, -0.05) is 12.1 Å². The van der Waals surface area contributed by atoms with Gasteiger partial charge < -0.3 is 15.2 Å². The van der Waals surface area contributed by atoms with Crippen LogP contribution in [0.4, 0.5) is 5.82 Å². The van der Waals surface area contributed by atoms with Crippen LogP contribution in [-0.2, 0) is 5.60 Å². The van der Waals surface area contributed by atoms with Crippen LogP contribution in [0.15, 0.2) is 54.7 Å². The fraction of sp³-hybridized carbons (Fsp3) is 0.308. The molecule has 1 saturated carbocycles. The first-order valence-electron chi connectivity index (χ1n) is 11.4. The minimum atomic E-state index is -0.969. The van der Waals surface area contributed by atoms with Gasteiger partial charge in [0.15, 0.2) is 5.65 Å². The molecule has 1 aliphatic rings. The fourth-order valence-corrected chi connectivity index (χ4v) is 3.68. The first-order chi connectivity index (χ1) is 16.3. The highest BCUT2D eigenvalue weighted by Crippen LogP contribution is 2.30. The van der Waals surface area contributed by atoms with Gasteiger partial charge in [-0.2, -0.15) is 5.10 Å². The van der Waals surface area contributed by atoms with Crippen LogP contribution < -0.4 is 10.1 Å². The molecule has 0 unspecified atom stereocenters. The molecule has 2 N–H and O–H groups in total. The number of aromatic nitrogens is 4. The Kier molecular flexibility index (Phi) is 5.53. The summed E-state index contributed by atoms with van der Waals surface area (Å²) in [5, 5.41) is 17.6. The van der Waals surface area contributed by atoms with Crippen molar-refractivity contribution in [2.75, 3.05) is 11.9 Å². The molecule has 0 spiro atoms. The van der Waals surface area contributed by atoms with E-state index in [9.17, 15) is 9.90 Å². The van der Waals surface area contributed by atoms with E-state index in [1.807, 2.05) is 25.1 Å². The third kappa shape index (κ3) is 4.77. The zero-order valence-electron chi connectivity index (χ0n) is 19.4. The van der Waals surface area contributed by atoms with Gasteiger partial charge in [0.25, 0.3) is 5.91 Å². The summed E-state index contributed by atoms with van der Waals surface area (Å²) in [6.07, 6.45) is 4.20. The quantitative estimate of drug-likeness (QED) is 0.427. The third-order valence-corrected chi connectivity index (χ3v) is 5.84. The number of aryl methyl sites for hydroxylation is 1. The lowest BCUT2D eigenvalue weighted by Crippen LogP contribution is -2.17. The van der Waals surface area contributed by atoms with Crippen molar-refractivity contribution in [1.82, 2.24) is 19.6 Å². The minimum Gasteiger partial charge on any atom is -0.477 e. The number of hydrogen-bond acceptors (Lipinski definition) is 6. The maximum Gasteiger partial charge on any atom is 0.256 e. The van der Waals surface area contributed by atoms with E-state index in [-0.39, 0.29) is 5.91 Å². The van der Waals surface area contributed by atoms with Gasteiger partial charge >= 0.3 is 0 Å². The summed E-state index contributed by atoms with van der Waals surface area (Å²) in [4.78, 5) is 21.9. The molecule has 0 radical (unpaired) electrons. The van der Waals surface area contributed by atoms with Crippen LogP contribution in [0, 0.1) is 12.8 Å². The highest BCUT2D eigenvalue weighted by Gasteiger charge is 2.22. The van der Waals surface area contributed by atoms with E-state index in [0.29, 0.717) is 35.4 Å². The van der Waals surface area contributed by atoms with Crippen LogP contribution in [0.25, 0.3) is 16.9 Å². The Morgan fingerprint density at radius 3 is 2.59 bits per heavy atom. The Bertz CT molecular complexity index is 1330. The van der Waals surface area contributed by atoms with Crippen LogP contribution in [0.2, 0.25) is 0 Å². The van der Waals surface area contributed by atoms with Gasteiger partial charge in [0.1, 0.15) is 5.82 Å². The Balaban J connectivity index is 1.41. The van der Waals surface area contributed by atoms with Crippen molar-refractivity contribution in [3.8, 4) is 17.1 Å². The molecule has 1 amide bonds. The van der Waals surface area contributed by atoms with Crippen LogP contribution in [0.1, 0.15) is 48.3 Å². The number of pyridine rings is 1. The van der Waals surface area contributed by atoms with E-state index in [1.165, 1.54) is 12.8 Å². The number of fused-ring (bicyclic) bond motifs is 1. The molecular formula is C26H27N5O3. The van der Waals surface area contributed by atoms with E-state index in [1.54, 1.807) is 54.9 Å². The molecule has 0 bridgehead atoms. The number of anilines is 1. The van der Waals surface area contributed by atoms with Crippen molar-refractivity contribution in [2.45, 2.75) is 39.2 Å². The molecule has 5 rings (SSSR count). The summed E-state index contributed by atoms with van der Waals surface area (Å²) in [5.74, 6) is 1.38. The maximum atomic E-state index is 12.9. The first-order valence-corrected chi connectivity index (χ1v) is 11.4. The molecule has 34 heavy (non-hydrogen) atoms. The van der Waals surface area contributed by atoms with Gasteiger partial charge in [0.05, 0.1) is 23.6 Å². The monoisotopic (exact) mass is 457 g/mol. The number of rotatable bonds is 7. The minimum absolute atomic E-state index is 0.289. The SMILES string of the molecule is Cc1cc2nc(NC(=O)c3ccc(C(C)(C)O)cc3)cc(-c3ccc(OCC4CC4)nc3)n2n1. The molecule has 8 nitrogen and oxygen atoms in total. The van der Waals surface area contributed by atoms with Crippen molar-refractivity contribution in [1.29, 1.82) is 0 Å². The predicted molar refractivity (Wildman–Crippen MR) is 129 cm³/mol. The number of benzene rings is 1. The molecule has 174 valence electrons. The summed E-state index contributed by atoms with van der Waals surface area (Å²) in [5.41, 5.74) is 3.26. The van der Waals surface area contributed by atoms with E-state index in [0.717, 1.165) is 22.5 Å². The zero-order valence-corrected chi connectivity index (χ0v) is 19.4. The third-order valence-electron chi connectivity index (χ3n) is 5.84. The Hall–Kier alpha value is -3.78. The molecule has 0 atom stereocenters. The van der Waals surface area contributed by atoms with E-state index >= 15 is 0 Å². The van der Waals surface area contributed by atoms with Crippen LogP contribution in [-0.4, -0.2) is 37.2 Å². The number of aliphatic hydroxyl groups is 1. The molecule has 0 aliphatic heterocycles. The van der Waals surface area contributed by atoms with Crippen molar-refractivity contribution in [3.63, 3.8) is 0 Å². The summed E-state index contributed by atoms with van der Waals surface area (Å²) in [6, 6.07) is 14.3. The van der Waals surface area contributed by atoms with Gasteiger partial charge in [-0.25, -0.2) is 14.5 Å². The van der Waals surface area contributed by atoms with Crippen molar-refractivity contribution < 1.29 is 14.6 Å². The molecule has 3 heterocycles. The van der Waals surface area contributed by atoms with Crippen LogP contribution in [0.5, 0.6) is 5.88 Å². The van der Waals surface area contributed by atoms with Crippen molar-refractivity contribution >= 4 is 17.4 Å². The number of ether oxygens (including phenoxy) is 1. The van der Waals surface area contributed by atoms with E-state index in [2.05, 4.69) is 20.4 Å². The standard InChI is InChI=1S/C26H27N5O3/c1-16-12-23-28-22(29-25(32)18-6-9-20(10-7-18)26(2,3)33)13-21(31(23)30-16)19-8-11-24(27-14-19)34-15-17-4-5-17/h6-14,17,33H,4-5,15H2,1-3H3,(H,28,29,32). The first kappa shape index (κ1) is 22.0. The van der Waals surface area contributed by atoms with Gasteiger partial charge in [-0.15, -0.1) is 0 Å². The molecule has 1 fully saturated rings. The molecule has 1 aliphatic carbocycles. The number of carbonyl (C=O) groups excluding carboxylic acids is 1. The second kappa shape index (κ2) is 8.53. The molecular weight excluding hydrogens is 430 g/mol. The lowest BCUT2D eigenvalue weighted by molar-refractivity contribution is 0.0785. The number of nitrogens with zero attached hydrogens (tertiary/aromatic N) is 4. The average Bonchev–Trinajstić information content (AvgIpc) is 3.56. The molecule has 3 aromatic heterocycles. The highest BCUT2D eigenvalue weighted by atomic mass is 16.5. The molecule has 0 saturated heterocycles. The number of amides is 1. The van der Waals surface area contributed by atoms with Gasteiger partial charge in [-0.05, 0) is 63.3 Å². The van der Waals surface area contributed by atoms with Gasteiger partial charge in [0, 0.05) is 35.5 Å². The zero-order chi connectivity index (χ0) is 23.9. The van der Waals surface area contributed by atoms with Crippen molar-refractivity contribution in [2.24, 2.45) is 5.92 Å². The second-order valence-corrected chi connectivity index (χ2v) is 9.31. The predicted octanol–water partition coefficient (Wildman–Crippen LogP) is 4.37. The summed E-state index contributed by atoms with van der Waals surface area (Å²) >= 11 is 0. The lowest BCUT2D eigenvalue weighted by Gasteiger charge is -2.17. The smallest absolute Gasteiger partial charge is 0.256 e. The fourth-order valence-electron chi connectivity index (χ4n) is 3.68. The molecule has 1 aromatic carbocycles. The van der Waals surface area contributed by atoms with E-state index < -0.39 is 5.60 Å². The largest absolute Gasteiger partial charge is 0.477 e. The van der Waals surface area contributed by atoms with Crippen LogP contribution in [0.3, 0.4) is 0 Å². The number of hydrogen-bond donors (Lipinski definition) is 2. The summed E-state index contributed by atoms with van der Waals surface area (Å²) in [6.45, 7) is 6.01. The Morgan fingerprint density at radius 2 is 1.94 bits per heavy atom. The summed E-state index contributed by atoms with van der Waals surface area (Å²) in [7, 11) is 0. The Labute approximate surface area is 197 Å². The van der Waals surface area contributed by atoms with E-state index in [4.69, 9.17) is 4.74 Å². The van der Waals surface area contributed by atoms with Gasteiger partial charge in [0.2, 0.25) is 5.88 Å². The molecule has 8 heteroatoms. The average molecular weight is 458 g/mol. The summed E-state index contributed by atoms with van der Waals surface area (Å²) < 4.78 is 7.49. The number of carbonyl (C=O) groups is 1. The highest BCUT2D eigenvalue weighted by molar-refractivity contribution is 6.04. The topological polar surface area (TPSA) is 102 Å². The van der Waals surface area contributed by atoms with Gasteiger partial charge in [-0.3, -0.25) is 4.79 Å².